The Kier molecular flexibility index (Phi) is 3.51. The lowest BCUT2D eigenvalue weighted by atomic mass is 10.3. The van der Waals surface area contributed by atoms with Gasteiger partial charge in [-0.05, 0) is 19.1 Å². The van der Waals surface area contributed by atoms with Crippen LogP contribution in [0.4, 0.5) is 19.0 Å². The first-order chi connectivity index (χ1) is 8.45. The molecule has 0 fully saturated rings. The van der Waals surface area contributed by atoms with E-state index in [0.717, 1.165) is 16.0 Å². The molecule has 0 radical (unpaired) electrons. The van der Waals surface area contributed by atoms with Crippen molar-refractivity contribution in [1.29, 1.82) is 0 Å². The Balaban J connectivity index is 2.06. The standard InChI is InChI=1S/C11H10F3N3S/c1-7-5-16-10(18-7)6-15-9-4-2-3-8(17-9)11(12,13)14/h2-5H,6H2,1H3,(H,15,17). The molecule has 0 saturated heterocycles. The van der Waals surface area contributed by atoms with E-state index in [4.69, 9.17) is 0 Å². The van der Waals surface area contributed by atoms with Crippen molar-refractivity contribution < 1.29 is 13.2 Å². The molecule has 0 bridgehead atoms. The molecule has 0 aromatic carbocycles. The molecular weight excluding hydrogens is 263 g/mol. The highest BCUT2D eigenvalue weighted by molar-refractivity contribution is 7.11. The van der Waals surface area contributed by atoms with Crippen molar-refractivity contribution in [2.75, 3.05) is 5.32 Å². The highest BCUT2D eigenvalue weighted by atomic mass is 32.1. The molecule has 1 N–H and O–H groups in total. The summed E-state index contributed by atoms with van der Waals surface area (Å²) < 4.78 is 37.3. The second-order valence-corrected chi connectivity index (χ2v) is 4.94. The second-order valence-electron chi connectivity index (χ2n) is 3.62. The van der Waals surface area contributed by atoms with E-state index in [0.29, 0.717) is 6.54 Å². The third kappa shape index (κ3) is 3.19. The molecule has 96 valence electrons. The summed E-state index contributed by atoms with van der Waals surface area (Å²) in [5.74, 6) is 0.192. The van der Waals surface area contributed by atoms with Gasteiger partial charge in [-0.25, -0.2) is 9.97 Å². The van der Waals surface area contributed by atoms with Gasteiger partial charge < -0.3 is 5.32 Å². The van der Waals surface area contributed by atoms with Crippen molar-refractivity contribution in [1.82, 2.24) is 9.97 Å². The number of nitrogens with zero attached hydrogens (tertiary/aromatic N) is 2. The molecule has 0 aliphatic carbocycles. The highest BCUT2D eigenvalue weighted by Crippen LogP contribution is 2.28. The molecule has 0 atom stereocenters. The van der Waals surface area contributed by atoms with Crippen molar-refractivity contribution in [3.63, 3.8) is 0 Å². The van der Waals surface area contributed by atoms with Crippen LogP contribution in [0.25, 0.3) is 0 Å². The molecule has 3 nitrogen and oxygen atoms in total. The van der Waals surface area contributed by atoms with Gasteiger partial charge in [0.25, 0.3) is 0 Å². The smallest absolute Gasteiger partial charge is 0.364 e. The van der Waals surface area contributed by atoms with Crippen LogP contribution in [0.2, 0.25) is 0 Å². The third-order valence-electron chi connectivity index (χ3n) is 2.13. The molecule has 0 saturated carbocycles. The average Bonchev–Trinajstić information content (AvgIpc) is 2.72. The minimum absolute atomic E-state index is 0.192. The van der Waals surface area contributed by atoms with Gasteiger partial charge in [-0.2, -0.15) is 13.2 Å². The SMILES string of the molecule is Cc1cnc(CNc2cccc(C(F)(F)F)n2)s1. The van der Waals surface area contributed by atoms with Gasteiger partial charge in [-0.1, -0.05) is 6.07 Å². The van der Waals surface area contributed by atoms with Crippen molar-refractivity contribution >= 4 is 17.2 Å². The zero-order chi connectivity index (χ0) is 13.2. The molecule has 7 heteroatoms. The number of rotatable bonds is 3. The molecule has 2 heterocycles. The van der Waals surface area contributed by atoms with Crippen LogP contribution >= 0.6 is 11.3 Å². The number of aromatic nitrogens is 2. The largest absolute Gasteiger partial charge is 0.433 e. The Labute approximate surface area is 106 Å². The predicted molar refractivity (Wildman–Crippen MR) is 63.4 cm³/mol. The highest BCUT2D eigenvalue weighted by Gasteiger charge is 2.32. The fraction of sp³-hybridized carbons (Fsp3) is 0.273. The Morgan fingerprint density at radius 3 is 2.72 bits per heavy atom. The van der Waals surface area contributed by atoms with Crippen molar-refractivity contribution in [3.8, 4) is 0 Å². The summed E-state index contributed by atoms with van der Waals surface area (Å²) in [7, 11) is 0. The van der Waals surface area contributed by atoms with E-state index < -0.39 is 11.9 Å². The Morgan fingerprint density at radius 2 is 2.11 bits per heavy atom. The molecular formula is C11H10F3N3S. The topological polar surface area (TPSA) is 37.8 Å². The van der Waals surface area contributed by atoms with Gasteiger partial charge in [-0.3, -0.25) is 0 Å². The fourth-order valence-electron chi connectivity index (χ4n) is 1.34. The van der Waals surface area contributed by atoms with Gasteiger partial charge in [0.15, 0.2) is 0 Å². The Hall–Kier alpha value is -1.63. The molecule has 0 amide bonds. The maximum atomic E-state index is 12.4. The van der Waals surface area contributed by atoms with E-state index in [2.05, 4.69) is 15.3 Å². The van der Waals surface area contributed by atoms with Crippen LogP contribution in [0.1, 0.15) is 15.6 Å². The lowest BCUT2D eigenvalue weighted by Gasteiger charge is -2.08. The predicted octanol–water partition coefficient (Wildman–Crippen LogP) is 3.48. The van der Waals surface area contributed by atoms with Gasteiger partial charge in [0.1, 0.15) is 16.5 Å². The molecule has 2 aromatic heterocycles. The Morgan fingerprint density at radius 1 is 1.33 bits per heavy atom. The number of aryl methyl sites for hydroxylation is 1. The summed E-state index contributed by atoms with van der Waals surface area (Å²) in [5.41, 5.74) is -0.900. The molecule has 2 aromatic rings. The molecule has 0 unspecified atom stereocenters. The first-order valence-electron chi connectivity index (χ1n) is 5.14. The first-order valence-corrected chi connectivity index (χ1v) is 5.96. The number of pyridine rings is 1. The fourth-order valence-corrected chi connectivity index (χ4v) is 2.07. The minimum Gasteiger partial charge on any atom is -0.364 e. The quantitative estimate of drug-likeness (QED) is 0.930. The van der Waals surface area contributed by atoms with Gasteiger partial charge >= 0.3 is 6.18 Å². The van der Waals surface area contributed by atoms with E-state index in [1.807, 2.05) is 6.92 Å². The molecule has 18 heavy (non-hydrogen) atoms. The van der Waals surface area contributed by atoms with Crippen LogP contribution in [0.15, 0.2) is 24.4 Å². The lowest BCUT2D eigenvalue weighted by Crippen LogP contribution is -2.10. The van der Waals surface area contributed by atoms with Gasteiger partial charge in [-0.15, -0.1) is 11.3 Å². The van der Waals surface area contributed by atoms with Gasteiger partial charge in [0.2, 0.25) is 0 Å². The summed E-state index contributed by atoms with van der Waals surface area (Å²) in [4.78, 5) is 8.67. The number of halogens is 3. The van der Waals surface area contributed by atoms with Crippen LogP contribution in [-0.2, 0) is 12.7 Å². The Bertz CT molecular complexity index is 536. The summed E-state index contributed by atoms with van der Waals surface area (Å²) in [5, 5.41) is 3.64. The second kappa shape index (κ2) is 4.93. The van der Waals surface area contributed by atoms with Crippen LogP contribution in [0.3, 0.4) is 0 Å². The van der Waals surface area contributed by atoms with Crippen LogP contribution in [-0.4, -0.2) is 9.97 Å². The number of alkyl halides is 3. The monoisotopic (exact) mass is 273 g/mol. The molecule has 2 rings (SSSR count). The molecule has 0 aliphatic rings. The zero-order valence-corrected chi connectivity index (χ0v) is 10.3. The van der Waals surface area contributed by atoms with E-state index in [1.165, 1.54) is 23.5 Å². The van der Waals surface area contributed by atoms with Crippen molar-refractivity contribution in [2.45, 2.75) is 19.6 Å². The van der Waals surface area contributed by atoms with E-state index in [-0.39, 0.29) is 5.82 Å². The van der Waals surface area contributed by atoms with Crippen molar-refractivity contribution in [3.05, 3.63) is 40.0 Å². The summed E-state index contributed by atoms with van der Waals surface area (Å²) in [6.07, 6.45) is -2.70. The minimum atomic E-state index is -4.42. The first kappa shape index (κ1) is 12.8. The number of nitrogens with one attached hydrogen (secondary N) is 1. The average molecular weight is 273 g/mol. The van der Waals surface area contributed by atoms with E-state index in [1.54, 1.807) is 6.20 Å². The summed E-state index contributed by atoms with van der Waals surface area (Å²) in [6.45, 7) is 2.29. The molecule has 0 spiro atoms. The maximum absolute atomic E-state index is 12.4. The van der Waals surface area contributed by atoms with Crippen LogP contribution in [0.5, 0.6) is 0 Å². The summed E-state index contributed by atoms with van der Waals surface area (Å²) >= 11 is 1.49. The van der Waals surface area contributed by atoms with E-state index in [9.17, 15) is 13.2 Å². The van der Waals surface area contributed by atoms with Crippen molar-refractivity contribution in [2.24, 2.45) is 0 Å². The van der Waals surface area contributed by atoms with Crippen LogP contribution in [0, 0.1) is 6.92 Å². The lowest BCUT2D eigenvalue weighted by molar-refractivity contribution is -0.141. The van der Waals surface area contributed by atoms with Gasteiger partial charge in [0.05, 0.1) is 6.54 Å². The number of hydrogen-bond donors (Lipinski definition) is 1. The van der Waals surface area contributed by atoms with Crippen LogP contribution < -0.4 is 5.32 Å². The van der Waals surface area contributed by atoms with E-state index >= 15 is 0 Å². The maximum Gasteiger partial charge on any atom is 0.433 e. The number of hydrogen-bond acceptors (Lipinski definition) is 4. The molecule has 0 aliphatic heterocycles. The number of anilines is 1. The number of thiazole rings is 1. The normalized spacial score (nSPS) is 11.6. The summed E-state index contributed by atoms with van der Waals surface area (Å²) in [6, 6.07) is 3.76. The van der Waals surface area contributed by atoms with Gasteiger partial charge in [0, 0.05) is 11.1 Å². The third-order valence-corrected chi connectivity index (χ3v) is 3.04. The zero-order valence-electron chi connectivity index (χ0n) is 9.45.